The summed E-state index contributed by atoms with van der Waals surface area (Å²) >= 11 is 0. The van der Waals surface area contributed by atoms with Gasteiger partial charge in [0.15, 0.2) is 0 Å². The Labute approximate surface area is 87.5 Å². The standard InChI is InChI=1S/C9H7NO.C2H6O2/c11-8-5-1-3-7-4-2-6-10-9(7)8;3-1-2-4/h1-6,11H;3-4H,1-2H2. The molecule has 0 fully saturated rings. The predicted molar refractivity (Wildman–Crippen MR) is 57.6 cm³/mol. The van der Waals surface area contributed by atoms with Crippen molar-refractivity contribution in [3.63, 3.8) is 0 Å². The highest BCUT2D eigenvalue weighted by Crippen LogP contribution is 2.20. The summed E-state index contributed by atoms with van der Waals surface area (Å²) in [5.41, 5.74) is 0.662. The Balaban J connectivity index is 0.000000245. The Morgan fingerprint density at radius 3 is 2.27 bits per heavy atom. The van der Waals surface area contributed by atoms with E-state index in [0.717, 1.165) is 5.39 Å². The van der Waals surface area contributed by atoms with E-state index in [0.29, 0.717) is 5.52 Å². The van der Waals surface area contributed by atoms with Crippen LogP contribution in [0.25, 0.3) is 10.9 Å². The number of phenols is 1. The lowest BCUT2D eigenvalue weighted by Crippen LogP contribution is -1.85. The number of benzene rings is 1. The molecule has 0 aliphatic rings. The van der Waals surface area contributed by atoms with Crippen LogP contribution in [0.2, 0.25) is 0 Å². The van der Waals surface area contributed by atoms with Crippen molar-refractivity contribution in [2.75, 3.05) is 13.2 Å². The van der Waals surface area contributed by atoms with Crippen LogP contribution >= 0.6 is 0 Å². The Morgan fingerprint density at radius 1 is 1.00 bits per heavy atom. The number of hydrogen-bond donors (Lipinski definition) is 3. The van der Waals surface area contributed by atoms with Gasteiger partial charge in [0, 0.05) is 11.6 Å². The molecule has 2 aromatic rings. The van der Waals surface area contributed by atoms with Crippen molar-refractivity contribution >= 4 is 10.9 Å². The van der Waals surface area contributed by atoms with Crippen LogP contribution in [0, 0.1) is 0 Å². The largest absolute Gasteiger partial charge is 0.506 e. The molecule has 0 saturated carbocycles. The number of hydrogen-bond acceptors (Lipinski definition) is 4. The number of pyridine rings is 1. The zero-order chi connectivity index (χ0) is 11.1. The van der Waals surface area contributed by atoms with E-state index in [2.05, 4.69) is 4.98 Å². The number of nitrogens with zero attached hydrogens (tertiary/aromatic N) is 1. The maximum absolute atomic E-state index is 9.31. The van der Waals surface area contributed by atoms with Gasteiger partial charge in [0.2, 0.25) is 0 Å². The molecule has 0 saturated heterocycles. The van der Waals surface area contributed by atoms with Gasteiger partial charge in [-0.15, -0.1) is 0 Å². The molecule has 15 heavy (non-hydrogen) atoms. The zero-order valence-corrected chi connectivity index (χ0v) is 8.17. The summed E-state index contributed by atoms with van der Waals surface area (Å²) in [6.45, 7) is -0.250. The number of para-hydroxylation sites is 1. The maximum Gasteiger partial charge on any atom is 0.141 e. The van der Waals surface area contributed by atoms with E-state index < -0.39 is 0 Å². The van der Waals surface area contributed by atoms with Gasteiger partial charge >= 0.3 is 0 Å². The Morgan fingerprint density at radius 2 is 1.67 bits per heavy atom. The fourth-order valence-electron chi connectivity index (χ4n) is 1.09. The third kappa shape index (κ3) is 3.19. The lowest BCUT2D eigenvalue weighted by molar-refractivity contribution is 0.186. The molecule has 2 rings (SSSR count). The highest BCUT2D eigenvalue weighted by molar-refractivity contribution is 5.83. The number of rotatable bonds is 1. The average molecular weight is 207 g/mol. The molecule has 4 heteroatoms. The van der Waals surface area contributed by atoms with E-state index in [1.165, 1.54) is 0 Å². The second-order valence-electron chi connectivity index (χ2n) is 2.80. The van der Waals surface area contributed by atoms with Crippen LogP contribution < -0.4 is 0 Å². The predicted octanol–water partition coefficient (Wildman–Crippen LogP) is 0.911. The first-order valence-corrected chi connectivity index (χ1v) is 4.54. The molecule has 0 aliphatic heterocycles. The lowest BCUT2D eigenvalue weighted by atomic mass is 10.2. The van der Waals surface area contributed by atoms with Gasteiger partial charge in [-0.25, -0.2) is 0 Å². The van der Waals surface area contributed by atoms with Crippen molar-refractivity contribution in [1.82, 2.24) is 4.98 Å². The molecular formula is C11H13NO3. The van der Waals surface area contributed by atoms with Crippen molar-refractivity contribution < 1.29 is 15.3 Å². The number of aromatic hydroxyl groups is 1. The van der Waals surface area contributed by atoms with Gasteiger partial charge in [-0.05, 0) is 12.1 Å². The number of aromatic nitrogens is 1. The summed E-state index contributed by atoms with van der Waals surface area (Å²) in [5, 5.41) is 25.5. The summed E-state index contributed by atoms with van der Waals surface area (Å²) in [7, 11) is 0. The van der Waals surface area contributed by atoms with Gasteiger partial charge < -0.3 is 15.3 Å². The maximum atomic E-state index is 9.31. The summed E-state index contributed by atoms with van der Waals surface area (Å²) in [4.78, 5) is 4.03. The van der Waals surface area contributed by atoms with Crippen LogP contribution in [0.5, 0.6) is 5.75 Å². The normalized spacial score (nSPS) is 9.47. The Hall–Kier alpha value is -1.65. The van der Waals surface area contributed by atoms with Gasteiger partial charge in [-0.1, -0.05) is 18.2 Å². The van der Waals surface area contributed by atoms with E-state index in [-0.39, 0.29) is 19.0 Å². The fourth-order valence-corrected chi connectivity index (χ4v) is 1.09. The quantitative estimate of drug-likeness (QED) is 0.650. The first-order valence-electron chi connectivity index (χ1n) is 4.54. The second-order valence-corrected chi connectivity index (χ2v) is 2.80. The fraction of sp³-hybridized carbons (Fsp3) is 0.182. The van der Waals surface area contributed by atoms with Crippen LogP contribution in [-0.4, -0.2) is 33.5 Å². The van der Waals surface area contributed by atoms with Crippen molar-refractivity contribution in [3.05, 3.63) is 36.5 Å². The molecule has 0 unspecified atom stereocenters. The van der Waals surface area contributed by atoms with E-state index in [4.69, 9.17) is 10.2 Å². The topological polar surface area (TPSA) is 73.6 Å². The first-order chi connectivity index (χ1) is 7.29. The van der Waals surface area contributed by atoms with Crippen molar-refractivity contribution in [2.45, 2.75) is 0 Å². The van der Waals surface area contributed by atoms with Crippen molar-refractivity contribution in [2.24, 2.45) is 0 Å². The van der Waals surface area contributed by atoms with Crippen LogP contribution in [0.3, 0.4) is 0 Å². The van der Waals surface area contributed by atoms with Crippen LogP contribution in [0.1, 0.15) is 0 Å². The molecule has 1 heterocycles. The molecule has 0 spiro atoms. The molecular weight excluding hydrogens is 194 g/mol. The van der Waals surface area contributed by atoms with E-state index in [1.807, 2.05) is 18.2 Å². The Bertz CT molecular complexity index is 410. The first kappa shape index (κ1) is 11.4. The number of phenolic OH excluding ortho intramolecular Hbond substituents is 1. The van der Waals surface area contributed by atoms with Crippen molar-refractivity contribution in [1.29, 1.82) is 0 Å². The van der Waals surface area contributed by atoms with E-state index in [1.54, 1.807) is 18.3 Å². The minimum Gasteiger partial charge on any atom is -0.506 e. The highest BCUT2D eigenvalue weighted by Gasteiger charge is 1.96. The monoisotopic (exact) mass is 207 g/mol. The van der Waals surface area contributed by atoms with Gasteiger partial charge in [-0.2, -0.15) is 0 Å². The third-order valence-electron chi connectivity index (χ3n) is 1.71. The molecule has 3 N–H and O–H groups in total. The third-order valence-corrected chi connectivity index (χ3v) is 1.71. The number of aliphatic hydroxyl groups is 2. The molecule has 0 radical (unpaired) electrons. The van der Waals surface area contributed by atoms with Gasteiger partial charge in [0.25, 0.3) is 0 Å². The molecule has 4 nitrogen and oxygen atoms in total. The number of fused-ring (bicyclic) bond motifs is 1. The van der Waals surface area contributed by atoms with Crippen molar-refractivity contribution in [3.8, 4) is 5.75 Å². The molecule has 0 amide bonds. The van der Waals surface area contributed by atoms with Gasteiger partial charge in [0.1, 0.15) is 11.3 Å². The molecule has 1 aromatic heterocycles. The lowest BCUT2D eigenvalue weighted by Gasteiger charge is -1.96. The average Bonchev–Trinajstić information content (AvgIpc) is 2.30. The molecule has 0 aliphatic carbocycles. The summed E-state index contributed by atoms with van der Waals surface area (Å²) in [6, 6.07) is 9.13. The second kappa shape index (κ2) is 5.95. The zero-order valence-electron chi connectivity index (χ0n) is 8.17. The summed E-state index contributed by atoms with van der Waals surface area (Å²) < 4.78 is 0. The smallest absolute Gasteiger partial charge is 0.141 e. The van der Waals surface area contributed by atoms with E-state index in [9.17, 15) is 5.11 Å². The van der Waals surface area contributed by atoms with Crippen LogP contribution in [0.4, 0.5) is 0 Å². The number of aliphatic hydroxyl groups excluding tert-OH is 2. The SMILES string of the molecule is OCCO.Oc1cccc2cccnc12. The Kier molecular flexibility index (Phi) is 4.53. The minimum atomic E-state index is -0.125. The van der Waals surface area contributed by atoms with Gasteiger partial charge in [-0.3, -0.25) is 4.98 Å². The summed E-state index contributed by atoms with van der Waals surface area (Å²) in [5.74, 6) is 0.239. The summed E-state index contributed by atoms with van der Waals surface area (Å²) in [6.07, 6.45) is 1.67. The highest BCUT2D eigenvalue weighted by atomic mass is 16.3. The molecule has 80 valence electrons. The van der Waals surface area contributed by atoms with Crippen LogP contribution in [-0.2, 0) is 0 Å². The molecule has 1 aromatic carbocycles. The molecule has 0 atom stereocenters. The van der Waals surface area contributed by atoms with E-state index >= 15 is 0 Å². The minimum absolute atomic E-state index is 0.125. The molecule has 0 bridgehead atoms. The van der Waals surface area contributed by atoms with Crippen LogP contribution in [0.15, 0.2) is 36.5 Å². The van der Waals surface area contributed by atoms with Gasteiger partial charge in [0.05, 0.1) is 13.2 Å².